The molecule has 1 rings (SSSR count). The summed E-state index contributed by atoms with van der Waals surface area (Å²) in [6.45, 7) is 6.63. The Morgan fingerprint density at radius 2 is 1.95 bits per heavy atom. The molecule has 1 atom stereocenters. The molecule has 5 nitrogen and oxygen atoms in total. The molecule has 6 heteroatoms. The molecule has 0 aliphatic carbocycles. The van der Waals surface area contributed by atoms with E-state index in [2.05, 4.69) is 5.32 Å². The third kappa shape index (κ3) is 5.93. The van der Waals surface area contributed by atoms with Crippen molar-refractivity contribution in [1.82, 2.24) is 4.90 Å². The van der Waals surface area contributed by atoms with E-state index in [9.17, 15) is 9.59 Å². The van der Waals surface area contributed by atoms with Crippen molar-refractivity contribution >= 4 is 29.3 Å². The van der Waals surface area contributed by atoms with Crippen LogP contribution >= 0.6 is 11.6 Å². The van der Waals surface area contributed by atoms with Gasteiger partial charge in [0, 0.05) is 23.8 Å². The van der Waals surface area contributed by atoms with Crippen LogP contribution in [0.2, 0.25) is 5.02 Å². The molecular formula is C16H23ClN2O3. The number of ether oxygens (including phenoxy) is 1. The normalized spacial score (nSPS) is 11.9. The Hall–Kier alpha value is -1.75. The monoisotopic (exact) mass is 326 g/mol. The van der Waals surface area contributed by atoms with Gasteiger partial charge in [-0.1, -0.05) is 38.4 Å². The number of rotatable bonds is 6. The van der Waals surface area contributed by atoms with E-state index in [4.69, 9.17) is 16.3 Å². The first kappa shape index (κ1) is 18.3. The average molecular weight is 327 g/mol. The van der Waals surface area contributed by atoms with Crippen LogP contribution in [0, 0.1) is 11.8 Å². The SMILES string of the molecule is COC(=O)C(C)CN(CC(C)C)C(=O)Nc1cccc(Cl)c1. The lowest BCUT2D eigenvalue weighted by molar-refractivity contribution is -0.145. The Balaban J connectivity index is 2.77. The predicted octanol–water partition coefficient (Wildman–Crippen LogP) is 3.64. The highest BCUT2D eigenvalue weighted by Gasteiger charge is 2.22. The van der Waals surface area contributed by atoms with Gasteiger partial charge in [0.1, 0.15) is 0 Å². The van der Waals surface area contributed by atoms with Crippen molar-refractivity contribution in [2.45, 2.75) is 20.8 Å². The van der Waals surface area contributed by atoms with E-state index >= 15 is 0 Å². The maximum absolute atomic E-state index is 12.4. The molecule has 0 heterocycles. The summed E-state index contributed by atoms with van der Waals surface area (Å²) >= 11 is 5.91. The summed E-state index contributed by atoms with van der Waals surface area (Å²) in [6, 6.07) is 6.69. The molecule has 0 saturated carbocycles. The summed E-state index contributed by atoms with van der Waals surface area (Å²) in [5, 5.41) is 3.35. The van der Waals surface area contributed by atoms with E-state index in [0.29, 0.717) is 23.8 Å². The van der Waals surface area contributed by atoms with Gasteiger partial charge in [0.2, 0.25) is 0 Å². The minimum atomic E-state index is -0.381. The van der Waals surface area contributed by atoms with Crippen LogP contribution in [-0.4, -0.2) is 37.1 Å². The minimum Gasteiger partial charge on any atom is -0.469 e. The number of carbonyl (C=O) groups excluding carboxylic acids is 2. The van der Waals surface area contributed by atoms with Crippen LogP contribution in [0.1, 0.15) is 20.8 Å². The second-order valence-electron chi connectivity index (χ2n) is 5.66. The van der Waals surface area contributed by atoms with Gasteiger partial charge >= 0.3 is 12.0 Å². The Kier molecular flexibility index (Phi) is 7.18. The highest BCUT2D eigenvalue weighted by atomic mass is 35.5. The lowest BCUT2D eigenvalue weighted by atomic mass is 10.1. The fourth-order valence-corrected chi connectivity index (χ4v) is 2.25. The molecule has 0 radical (unpaired) electrons. The second kappa shape index (κ2) is 8.63. The van der Waals surface area contributed by atoms with E-state index in [1.165, 1.54) is 7.11 Å². The zero-order valence-electron chi connectivity index (χ0n) is 13.4. The van der Waals surface area contributed by atoms with Crippen LogP contribution < -0.4 is 5.32 Å². The van der Waals surface area contributed by atoms with Crippen LogP contribution in [0.4, 0.5) is 10.5 Å². The number of halogens is 1. The number of anilines is 1. The van der Waals surface area contributed by atoms with Crippen LogP contribution in [0.3, 0.4) is 0 Å². The Labute approximate surface area is 136 Å². The summed E-state index contributed by atoms with van der Waals surface area (Å²) in [6.07, 6.45) is 0. The smallest absolute Gasteiger partial charge is 0.321 e. The van der Waals surface area contributed by atoms with Crippen molar-refractivity contribution in [1.29, 1.82) is 0 Å². The van der Waals surface area contributed by atoms with Crippen molar-refractivity contribution in [3.63, 3.8) is 0 Å². The van der Waals surface area contributed by atoms with Gasteiger partial charge in [-0.15, -0.1) is 0 Å². The van der Waals surface area contributed by atoms with Crippen molar-refractivity contribution in [2.24, 2.45) is 11.8 Å². The zero-order chi connectivity index (χ0) is 16.7. The molecule has 2 amide bonds. The van der Waals surface area contributed by atoms with Crippen LogP contribution in [-0.2, 0) is 9.53 Å². The maximum atomic E-state index is 12.4. The first-order valence-electron chi connectivity index (χ1n) is 7.22. The van der Waals surface area contributed by atoms with E-state index in [0.717, 1.165) is 0 Å². The van der Waals surface area contributed by atoms with Gasteiger partial charge < -0.3 is 15.0 Å². The van der Waals surface area contributed by atoms with E-state index in [1.807, 2.05) is 13.8 Å². The van der Waals surface area contributed by atoms with Gasteiger partial charge in [-0.25, -0.2) is 4.79 Å². The van der Waals surface area contributed by atoms with E-state index in [-0.39, 0.29) is 23.8 Å². The second-order valence-corrected chi connectivity index (χ2v) is 6.10. The van der Waals surface area contributed by atoms with Gasteiger partial charge in [0.15, 0.2) is 0 Å². The van der Waals surface area contributed by atoms with Crippen molar-refractivity contribution in [3.05, 3.63) is 29.3 Å². The third-order valence-electron chi connectivity index (χ3n) is 3.05. The van der Waals surface area contributed by atoms with Gasteiger partial charge in [-0.3, -0.25) is 4.79 Å². The number of hydrogen-bond acceptors (Lipinski definition) is 3. The third-order valence-corrected chi connectivity index (χ3v) is 3.28. The largest absolute Gasteiger partial charge is 0.469 e. The van der Waals surface area contributed by atoms with Crippen LogP contribution in [0.25, 0.3) is 0 Å². The minimum absolute atomic E-state index is 0.258. The quantitative estimate of drug-likeness (QED) is 0.812. The number of hydrogen-bond donors (Lipinski definition) is 1. The summed E-state index contributed by atoms with van der Waals surface area (Å²) in [4.78, 5) is 25.6. The van der Waals surface area contributed by atoms with Gasteiger partial charge in [-0.2, -0.15) is 0 Å². The molecule has 0 aliphatic heterocycles. The summed E-state index contributed by atoms with van der Waals surface area (Å²) < 4.78 is 4.72. The number of nitrogens with one attached hydrogen (secondary N) is 1. The number of nitrogens with zero attached hydrogens (tertiary/aromatic N) is 1. The molecule has 1 unspecified atom stereocenters. The Bertz CT molecular complexity index is 520. The molecule has 122 valence electrons. The first-order valence-corrected chi connectivity index (χ1v) is 7.60. The Morgan fingerprint density at radius 1 is 1.27 bits per heavy atom. The number of urea groups is 1. The van der Waals surface area contributed by atoms with Crippen molar-refractivity contribution < 1.29 is 14.3 Å². The van der Waals surface area contributed by atoms with E-state index in [1.54, 1.807) is 36.1 Å². The molecule has 0 aromatic heterocycles. The lowest BCUT2D eigenvalue weighted by Crippen LogP contribution is -2.41. The first-order chi connectivity index (χ1) is 10.3. The molecular weight excluding hydrogens is 304 g/mol. The molecule has 0 saturated heterocycles. The predicted molar refractivity (Wildman–Crippen MR) is 88.1 cm³/mol. The van der Waals surface area contributed by atoms with Crippen molar-refractivity contribution in [3.8, 4) is 0 Å². The number of amides is 2. The summed E-state index contributed by atoms with van der Waals surface area (Å²) in [5.41, 5.74) is 0.622. The fourth-order valence-electron chi connectivity index (χ4n) is 2.06. The lowest BCUT2D eigenvalue weighted by Gasteiger charge is -2.27. The van der Waals surface area contributed by atoms with Gasteiger partial charge in [0.05, 0.1) is 13.0 Å². The molecule has 1 aromatic rings. The highest BCUT2D eigenvalue weighted by Crippen LogP contribution is 2.16. The van der Waals surface area contributed by atoms with Gasteiger partial charge in [-0.05, 0) is 24.1 Å². The molecule has 0 fully saturated rings. The average Bonchev–Trinajstić information content (AvgIpc) is 2.45. The standard InChI is InChI=1S/C16H23ClN2O3/c1-11(2)9-19(10-12(3)15(20)22-4)16(21)18-14-7-5-6-13(17)8-14/h5-8,11-12H,9-10H2,1-4H3,(H,18,21). The van der Waals surface area contributed by atoms with Crippen LogP contribution in [0.5, 0.6) is 0 Å². The van der Waals surface area contributed by atoms with Crippen LogP contribution in [0.15, 0.2) is 24.3 Å². The molecule has 1 aromatic carbocycles. The molecule has 0 aliphatic rings. The molecule has 1 N–H and O–H groups in total. The van der Waals surface area contributed by atoms with E-state index < -0.39 is 0 Å². The van der Waals surface area contributed by atoms with Crippen molar-refractivity contribution in [2.75, 3.05) is 25.5 Å². The Morgan fingerprint density at radius 3 is 2.50 bits per heavy atom. The summed E-state index contributed by atoms with van der Waals surface area (Å²) in [5.74, 6) is -0.423. The molecule has 0 spiro atoms. The number of carbonyl (C=O) groups is 2. The zero-order valence-corrected chi connectivity index (χ0v) is 14.2. The molecule has 22 heavy (non-hydrogen) atoms. The highest BCUT2D eigenvalue weighted by molar-refractivity contribution is 6.30. The topological polar surface area (TPSA) is 58.6 Å². The molecule has 0 bridgehead atoms. The van der Waals surface area contributed by atoms with Gasteiger partial charge in [0.25, 0.3) is 0 Å². The number of methoxy groups -OCH3 is 1. The maximum Gasteiger partial charge on any atom is 0.321 e. The number of esters is 1. The summed E-state index contributed by atoms with van der Waals surface area (Å²) in [7, 11) is 1.34. The fraction of sp³-hybridized carbons (Fsp3) is 0.500. The number of benzene rings is 1.